The van der Waals surface area contributed by atoms with Gasteiger partial charge in [-0.1, -0.05) is 121 Å². The van der Waals surface area contributed by atoms with Crippen LogP contribution in [0.5, 0.6) is 0 Å². The van der Waals surface area contributed by atoms with Crippen molar-refractivity contribution in [1.82, 2.24) is 0 Å². The molecule has 0 saturated carbocycles. The Hall–Kier alpha value is -3.56. The van der Waals surface area contributed by atoms with Crippen LogP contribution in [-0.4, -0.2) is 86.2 Å². The standard InChI is InChI=1S/C46H54O11/c1-45(2)54-38-36(52-44-42(40(38)55-45)56-46(3,4)57-44)30-51-43-41(50-28-34-23-15-8-16-24-34)39(49-27-33-21-13-7-14-22-33)37(53-43)35(48-26-32-19-11-6-12-20-32)29-47-25-31-17-9-5-10-18-31/h5-24,35-44H,25-30H2,1-4H3/t35-,36-,37-,38+,39+,40+,41-,42-,43?,44-/m1/s1. The van der Waals surface area contributed by atoms with Gasteiger partial charge in [0.2, 0.25) is 0 Å². The molecule has 10 atom stereocenters. The third-order valence-electron chi connectivity index (χ3n) is 10.5. The first-order chi connectivity index (χ1) is 27.7. The number of rotatable bonds is 17. The van der Waals surface area contributed by atoms with E-state index < -0.39 is 73.0 Å². The van der Waals surface area contributed by atoms with E-state index in [1.165, 1.54) is 0 Å². The summed E-state index contributed by atoms with van der Waals surface area (Å²) < 4.78 is 72.0. The smallest absolute Gasteiger partial charge is 0.190 e. The molecule has 0 radical (unpaired) electrons. The van der Waals surface area contributed by atoms with E-state index in [0.29, 0.717) is 26.4 Å². The highest BCUT2D eigenvalue weighted by Gasteiger charge is 2.61. The van der Waals surface area contributed by atoms with E-state index in [2.05, 4.69) is 0 Å². The van der Waals surface area contributed by atoms with Gasteiger partial charge >= 0.3 is 0 Å². The van der Waals surface area contributed by atoms with E-state index in [1.54, 1.807) is 0 Å². The zero-order valence-corrected chi connectivity index (χ0v) is 33.1. The molecule has 4 heterocycles. The summed E-state index contributed by atoms with van der Waals surface area (Å²) in [5.74, 6) is -1.69. The second kappa shape index (κ2) is 18.1. The molecule has 0 aliphatic carbocycles. The largest absolute Gasteiger partial charge is 0.374 e. The number of benzene rings is 4. The predicted molar refractivity (Wildman–Crippen MR) is 208 cm³/mol. The molecule has 4 saturated heterocycles. The molecule has 57 heavy (non-hydrogen) atoms. The average molecular weight is 783 g/mol. The molecule has 11 heteroatoms. The minimum Gasteiger partial charge on any atom is -0.374 e. The van der Waals surface area contributed by atoms with E-state index >= 15 is 0 Å². The van der Waals surface area contributed by atoms with Crippen molar-refractivity contribution >= 4 is 0 Å². The highest BCUT2D eigenvalue weighted by atomic mass is 16.9. The van der Waals surface area contributed by atoms with Crippen LogP contribution in [0.4, 0.5) is 0 Å². The van der Waals surface area contributed by atoms with Crippen LogP contribution in [0.1, 0.15) is 49.9 Å². The maximum atomic E-state index is 6.92. The molecule has 1 unspecified atom stereocenters. The fraction of sp³-hybridized carbons (Fsp3) is 0.478. The van der Waals surface area contributed by atoms with Crippen LogP contribution in [0.2, 0.25) is 0 Å². The number of fused-ring (bicyclic) bond motifs is 3. The third-order valence-corrected chi connectivity index (χ3v) is 10.5. The lowest BCUT2D eigenvalue weighted by Crippen LogP contribution is -2.56. The lowest BCUT2D eigenvalue weighted by Gasteiger charge is -2.37. The molecule has 0 bridgehead atoms. The van der Waals surface area contributed by atoms with Gasteiger partial charge in [-0.25, -0.2) is 0 Å². The molecule has 4 aromatic rings. The zero-order chi connectivity index (χ0) is 39.2. The number of ether oxygens (including phenoxy) is 11. The fourth-order valence-electron chi connectivity index (χ4n) is 7.88. The summed E-state index contributed by atoms with van der Waals surface area (Å²) >= 11 is 0. The molecule has 0 spiro atoms. The molecule has 4 aliphatic rings. The highest BCUT2D eigenvalue weighted by molar-refractivity contribution is 5.16. The lowest BCUT2D eigenvalue weighted by atomic mass is 9.99. The van der Waals surface area contributed by atoms with Gasteiger partial charge in [-0.15, -0.1) is 0 Å². The first-order valence-corrected chi connectivity index (χ1v) is 19.9. The summed E-state index contributed by atoms with van der Waals surface area (Å²) in [6.07, 6.45) is -5.90. The number of hydrogen-bond donors (Lipinski definition) is 0. The maximum absolute atomic E-state index is 6.92. The molecule has 4 fully saturated rings. The second-order valence-corrected chi connectivity index (χ2v) is 15.9. The molecule has 304 valence electrons. The first-order valence-electron chi connectivity index (χ1n) is 19.9. The topological polar surface area (TPSA) is 102 Å². The molecule has 11 nitrogen and oxygen atoms in total. The van der Waals surface area contributed by atoms with E-state index in [9.17, 15) is 0 Å². The molecular formula is C46H54O11. The van der Waals surface area contributed by atoms with Crippen molar-refractivity contribution in [3.63, 3.8) is 0 Å². The lowest BCUT2D eigenvalue weighted by molar-refractivity contribution is -0.263. The van der Waals surface area contributed by atoms with Crippen LogP contribution >= 0.6 is 0 Å². The van der Waals surface area contributed by atoms with Crippen molar-refractivity contribution in [2.24, 2.45) is 0 Å². The van der Waals surface area contributed by atoms with Crippen molar-refractivity contribution in [2.75, 3.05) is 13.2 Å². The Morgan fingerprint density at radius 2 is 1.00 bits per heavy atom. The van der Waals surface area contributed by atoms with Gasteiger partial charge in [0.1, 0.15) is 48.8 Å². The minimum absolute atomic E-state index is 0.0989. The van der Waals surface area contributed by atoms with Gasteiger partial charge in [0, 0.05) is 0 Å². The van der Waals surface area contributed by atoms with Gasteiger partial charge in [-0.3, -0.25) is 0 Å². The van der Waals surface area contributed by atoms with E-state index in [-0.39, 0.29) is 13.2 Å². The third kappa shape index (κ3) is 10.2. The quantitative estimate of drug-likeness (QED) is 0.110. The molecular weight excluding hydrogens is 728 g/mol. The Bertz CT molecular complexity index is 1810. The Morgan fingerprint density at radius 3 is 1.60 bits per heavy atom. The second-order valence-electron chi connectivity index (χ2n) is 15.9. The summed E-state index contributed by atoms with van der Waals surface area (Å²) in [4.78, 5) is 0. The number of hydrogen-bond acceptors (Lipinski definition) is 11. The normalized spacial score (nSPS) is 30.5. The van der Waals surface area contributed by atoms with Crippen LogP contribution < -0.4 is 0 Å². The van der Waals surface area contributed by atoms with Crippen molar-refractivity contribution in [3.05, 3.63) is 144 Å². The van der Waals surface area contributed by atoms with Gasteiger partial charge in [-0.05, 0) is 49.9 Å². The molecule has 4 aromatic carbocycles. The Kier molecular flexibility index (Phi) is 12.8. The molecule has 4 aliphatic heterocycles. The molecule has 0 amide bonds. The average Bonchev–Trinajstić information content (AvgIpc) is 3.86. The monoisotopic (exact) mass is 782 g/mol. The van der Waals surface area contributed by atoms with Crippen LogP contribution in [0.15, 0.2) is 121 Å². The van der Waals surface area contributed by atoms with Crippen molar-refractivity contribution in [2.45, 2.75) is 127 Å². The summed E-state index contributed by atoms with van der Waals surface area (Å²) in [6.45, 7) is 9.25. The Balaban J connectivity index is 1.07. The van der Waals surface area contributed by atoms with Gasteiger partial charge in [0.05, 0.1) is 39.6 Å². The maximum Gasteiger partial charge on any atom is 0.190 e. The van der Waals surface area contributed by atoms with Crippen molar-refractivity contribution in [1.29, 1.82) is 0 Å². The van der Waals surface area contributed by atoms with Crippen LogP contribution in [0.3, 0.4) is 0 Å². The van der Waals surface area contributed by atoms with E-state index in [4.69, 9.17) is 52.1 Å². The molecule has 8 rings (SSSR count). The Morgan fingerprint density at radius 1 is 0.509 bits per heavy atom. The van der Waals surface area contributed by atoms with Crippen LogP contribution in [-0.2, 0) is 78.5 Å². The zero-order valence-electron chi connectivity index (χ0n) is 33.1. The first kappa shape index (κ1) is 40.2. The van der Waals surface area contributed by atoms with Gasteiger partial charge in [-0.2, -0.15) is 0 Å². The minimum atomic E-state index is -0.872. The Labute approximate surface area is 335 Å². The van der Waals surface area contributed by atoms with Crippen LogP contribution in [0.25, 0.3) is 0 Å². The summed E-state index contributed by atoms with van der Waals surface area (Å²) in [7, 11) is 0. The molecule has 0 aromatic heterocycles. The SMILES string of the molecule is CC1(C)O[C@H]2[C@@H](O1)[C@@H](COC1O[C@H]([C@@H](COCc3ccccc3)OCc3ccccc3)[C@H](OCc3ccccc3)[C@H]1OCc1ccccc1)O[C@@H]1OC(C)(C)O[C@@H]12. The van der Waals surface area contributed by atoms with Gasteiger partial charge in [0.15, 0.2) is 24.2 Å². The van der Waals surface area contributed by atoms with Crippen molar-refractivity contribution in [3.8, 4) is 0 Å². The molecule has 0 N–H and O–H groups in total. The fourth-order valence-corrected chi connectivity index (χ4v) is 7.88. The van der Waals surface area contributed by atoms with E-state index in [0.717, 1.165) is 22.3 Å². The summed E-state index contributed by atoms with van der Waals surface area (Å²) in [5.41, 5.74) is 4.11. The van der Waals surface area contributed by atoms with Crippen LogP contribution in [0, 0.1) is 0 Å². The predicted octanol–water partition coefficient (Wildman–Crippen LogP) is 7.10. The highest BCUT2D eigenvalue weighted by Crippen LogP contribution is 2.44. The summed E-state index contributed by atoms with van der Waals surface area (Å²) in [5, 5.41) is 0. The van der Waals surface area contributed by atoms with E-state index in [1.807, 2.05) is 149 Å². The summed E-state index contributed by atoms with van der Waals surface area (Å²) in [6, 6.07) is 40.2. The van der Waals surface area contributed by atoms with Gasteiger partial charge < -0.3 is 52.1 Å². The van der Waals surface area contributed by atoms with Gasteiger partial charge in [0.25, 0.3) is 0 Å². The van der Waals surface area contributed by atoms with Crippen molar-refractivity contribution < 1.29 is 52.1 Å².